The van der Waals surface area contributed by atoms with Crippen LogP contribution in [0.1, 0.15) is 23.2 Å². The zero-order valence-electron chi connectivity index (χ0n) is 12.1. The number of oxime groups is 1. The minimum atomic E-state index is -0.405. The van der Waals surface area contributed by atoms with Gasteiger partial charge < -0.3 is 25.3 Å². The van der Waals surface area contributed by atoms with Crippen molar-refractivity contribution in [2.45, 2.75) is 18.9 Å². The van der Waals surface area contributed by atoms with E-state index in [1.165, 1.54) is 14.2 Å². The first kappa shape index (κ1) is 15.0. The molecule has 114 valence electrons. The zero-order chi connectivity index (χ0) is 15.4. The number of nitrogens with two attached hydrogens (primary N) is 1. The summed E-state index contributed by atoms with van der Waals surface area (Å²) in [4.78, 5) is 14.4. The van der Waals surface area contributed by atoms with Crippen LogP contribution >= 0.6 is 0 Å². The number of amidine groups is 1. The lowest BCUT2D eigenvalue weighted by Gasteiger charge is -2.25. The van der Waals surface area contributed by atoms with Crippen LogP contribution in [0.4, 0.5) is 0 Å². The average Bonchev–Trinajstić information content (AvgIpc) is 3.02. The van der Waals surface area contributed by atoms with E-state index in [4.69, 9.17) is 20.4 Å². The third kappa shape index (κ3) is 2.72. The molecule has 2 rings (SSSR count). The lowest BCUT2D eigenvalue weighted by Crippen LogP contribution is -2.44. The number of methoxy groups -OCH3 is 2. The van der Waals surface area contributed by atoms with Gasteiger partial charge in [0.1, 0.15) is 17.1 Å². The molecule has 7 heteroatoms. The molecule has 0 aromatic heterocycles. The number of likely N-dealkylation sites (tertiary alicyclic amines) is 1. The largest absolute Gasteiger partial charge is 0.496 e. The van der Waals surface area contributed by atoms with Gasteiger partial charge in [-0.15, -0.1) is 0 Å². The van der Waals surface area contributed by atoms with Crippen molar-refractivity contribution in [1.82, 2.24) is 4.90 Å². The molecule has 0 spiro atoms. The first-order chi connectivity index (χ1) is 10.1. The summed E-state index contributed by atoms with van der Waals surface area (Å²) in [5.41, 5.74) is 6.02. The highest BCUT2D eigenvalue weighted by molar-refractivity contribution is 6.02. The number of rotatable bonds is 4. The summed E-state index contributed by atoms with van der Waals surface area (Å²) in [6.45, 7) is 0.543. The number of carbonyl (C=O) groups is 1. The molecule has 1 aliphatic heterocycles. The van der Waals surface area contributed by atoms with Crippen LogP contribution in [0.2, 0.25) is 0 Å². The van der Waals surface area contributed by atoms with E-state index in [-0.39, 0.29) is 11.7 Å². The van der Waals surface area contributed by atoms with E-state index in [2.05, 4.69) is 5.16 Å². The normalized spacial score (nSPS) is 18.7. The van der Waals surface area contributed by atoms with E-state index in [9.17, 15) is 4.79 Å². The first-order valence-electron chi connectivity index (χ1n) is 6.63. The molecule has 0 aliphatic carbocycles. The average molecular weight is 293 g/mol. The summed E-state index contributed by atoms with van der Waals surface area (Å²) in [6, 6.07) is 4.74. The van der Waals surface area contributed by atoms with Crippen molar-refractivity contribution < 1.29 is 19.5 Å². The quantitative estimate of drug-likeness (QED) is 0.374. The molecular formula is C14H19N3O4. The SMILES string of the molecule is COc1cccc(OC)c1C(=O)N1CCCC1C(N)=NO. The Balaban J connectivity index is 2.40. The molecule has 1 aliphatic rings. The summed E-state index contributed by atoms with van der Waals surface area (Å²) < 4.78 is 10.5. The predicted octanol–water partition coefficient (Wildman–Crippen LogP) is 1.05. The maximum Gasteiger partial charge on any atom is 0.262 e. The lowest BCUT2D eigenvalue weighted by atomic mass is 10.1. The standard InChI is InChI=1S/C14H19N3O4/c1-20-10-6-3-7-11(21-2)12(10)14(18)17-8-4-5-9(17)13(15)16-19/h3,6-7,9,19H,4-5,8H2,1-2H3,(H2,15,16). The second kappa shape index (κ2) is 6.34. The fraction of sp³-hybridized carbons (Fsp3) is 0.429. The van der Waals surface area contributed by atoms with E-state index < -0.39 is 6.04 Å². The van der Waals surface area contributed by atoms with Gasteiger partial charge in [0.25, 0.3) is 5.91 Å². The number of hydrogen-bond acceptors (Lipinski definition) is 5. The van der Waals surface area contributed by atoms with Crippen LogP contribution in [0.25, 0.3) is 0 Å². The van der Waals surface area contributed by atoms with Crippen LogP contribution in [0, 0.1) is 0 Å². The van der Waals surface area contributed by atoms with Crippen molar-refractivity contribution in [3.05, 3.63) is 23.8 Å². The van der Waals surface area contributed by atoms with E-state index in [0.29, 0.717) is 30.0 Å². The van der Waals surface area contributed by atoms with Crippen molar-refractivity contribution in [2.75, 3.05) is 20.8 Å². The second-order valence-electron chi connectivity index (χ2n) is 4.72. The topological polar surface area (TPSA) is 97.4 Å². The van der Waals surface area contributed by atoms with Gasteiger partial charge in [-0.05, 0) is 25.0 Å². The first-order valence-corrected chi connectivity index (χ1v) is 6.63. The third-order valence-electron chi connectivity index (χ3n) is 3.61. The summed E-state index contributed by atoms with van der Waals surface area (Å²) in [5.74, 6) is 0.655. The molecule has 1 saturated heterocycles. The summed E-state index contributed by atoms with van der Waals surface area (Å²) in [6.07, 6.45) is 1.46. The lowest BCUT2D eigenvalue weighted by molar-refractivity contribution is 0.0761. The maximum absolute atomic E-state index is 12.8. The van der Waals surface area contributed by atoms with Gasteiger partial charge in [-0.1, -0.05) is 11.2 Å². The number of ether oxygens (including phenoxy) is 2. The second-order valence-corrected chi connectivity index (χ2v) is 4.72. The fourth-order valence-corrected chi connectivity index (χ4v) is 2.59. The monoisotopic (exact) mass is 293 g/mol. The van der Waals surface area contributed by atoms with Crippen LogP contribution in [-0.4, -0.2) is 48.7 Å². The number of amides is 1. The van der Waals surface area contributed by atoms with Gasteiger partial charge in [-0.25, -0.2) is 0 Å². The van der Waals surface area contributed by atoms with Gasteiger partial charge in [0.05, 0.1) is 20.3 Å². The molecule has 0 bridgehead atoms. The maximum atomic E-state index is 12.8. The van der Waals surface area contributed by atoms with Crippen molar-refractivity contribution in [3.63, 3.8) is 0 Å². The molecule has 1 aromatic carbocycles. The van der Waals surface area contributed by atoms with E-state index >= 15 is 0 Å². The molecule has 1 fully saturated rings. The number of nitrogens with zero attached hydrogens (tertiary/aromatic N) is 2. The summed E-state index contributed by atoms with van der Waals surface area (Å²) in [7, 11) is 2.99. The van der Waals surface area contributed by atoms with Gasteiger partial charge in [-0.2, -0.15) is 0 Å². The van der Waals surface area contributed by atoms with E-state index in [1.54, 1.807) is 23.1 Å². The van der Waals surface area contributed by atoms with Crippen LogP contribution in [0.15, 0.2) is 23.4 Å². The van der Waals surface area contributed by atoms with Crippen molar-refractivity contribution in [1.29, 1.82) is 0 Å². The van der Waals surface area contributed by atoms with Gasteiger partial charge in [0.15, 0.2) is 5.84 Å². The molecule has 7 nitrogen and oxygen atoms in total. The fourth-order valence-electron chi connectivity index (χ4n) is 2.59. The molecular weight excluding hydrogens is 274 g/mol. The number of carbonyl (C=O) groups excluding carboxylic acids is 1. The Morgan fingerprint density at radius 3 is 2.52 bits per heavy atom. The summed E-state index contributed by atoms with van der Waals surface area (Å²) >= 11 is 0. The van der Waals surface area contributed by atoms with Gasteiger partial charge in [-0.3, -0.25) is 4.79 Å². The summed E-state index contributed by atoms with van der Waals surface area (Å²) in [5, 5.41) is 11.9. The Bertz CT molecular complexity index is 537. The van der Waals surface area contributed by atoms with Crippen molar-refractivity contribution in [2.24, 2.45) is 10.9 Å². The Kier molecular flexibility index (Phi) is 4.52. The molecule has 21 heavy (non-hydrogen) atoms. The van der Waals surface area contributed by atoms with Gasteiger partial charge >= 0.3 is 0 Å². The minimum Gasteiger partial charge on any atom is -0.496 e. The third-order valence-corrected chi connectivity index (χ3v) is 3.61. The van der Waals surface area contributed by atoms with Gasteiger partial charge in [0, 0.05) is 6.54 Å². The molecule has 0 radical (unpaired) electrons. The Morgan fingerprint density at radius 1 is 1.38 bits per heavy atom. The molecule has 1 aromatic rings. The van der Waals surface area contributed by atoms with Crippen LogP contribution in [0.5, 0.6) is 11.5 Å². The van der Waals surface area contributed by atoms with Crippen LogP contribution in [-0.2, 0) is 0 Å². The minimum absolute atomic E-state index is 0.0368. The van der Waals surface area contributed by atoms with E-state index in [0.717, 1.165) is 6.42 Å². The Hall–Kier alpha value is -2.44. The zero-order valence-corrected chi connectivity index (χ0v) is 12.1. The number of hydrogen-bond donors (Lipinski definition) is 2. The van der Waals surface area contributed by atoms with Crippen molar-refractivity contribution in [3.8, 4) is 11.5 Å². The Morgan fingerprint density at radius 2 is 2.00 bits per heavy atom. The molecule has 1 amide bonds. The van der Waals surface area contributed by atoms with E-state index in [1.807, 2.05) is 0 Å². The smallest absolute Gasteiger partial charge is 0.262 e. The molecule has 3 N–H and O–H groups in total. The van der Waals surface area contributed by atoms with Gasteiger partial charge in [0.2, 0.25) is 0 Å². The Labute approximate surface area is 122 Å². The molecule has 1 unspecified atom stereocenters. The predicted molar refractivity (Wildman–Crippen MR) is 77.0 cm³/mol. The highest BCUT2D eigenvalue weighted by Crippen LogP contribution is 2.32. The number of benzene rings is 1. The van der Waals surface area contributed by atoms with Crippen LogP contribution in [0.3, 0.4) is 0 Å². The highest BCUT2D eigenvalue weighted by Gasteiger charge is 2.34. The van der Waals surface area contributed by atoms with Crippen molar-refractivity contribution >= 4 is 11.7 Å². The van der Waals surface area contributed by atoms with Crippen LogP contribution < -0.4 is 15.2 Å². The highest BCUT2D eigenvalue weighted by atomic mass is 16.5. The molecule has 1 atom stereocenters. The molecule has 1 heterocycles. The molecule has 0 saturated carbocycles.